The van der Waals surface area contributed by atoms with E-state index in [0.717, 1.165) is 17.5 Å². The molecule has 2 N–H and O–H groups in total. The van der Waals surface area contributed by atoms with E-state index in [1.807, 2.05) is 70.2 Å². The second kappa shape index (κ2) is 12.4. The van der Waals surface area contributed by atoms with E-state index in [2.05, 4.69) is 0 Å². The van der Waals surface area contributed by atoms with Crippen molar-refractivity contribution in [2.45, 2.75) is 71.5 Å². The van der Waals surface area contributed by atoms with Gasteiger partial charge in [0, 0.05) is 5.56 Å². The first-order valence-electron chi connectivity index (χ1n) is 14.2. The van der Waals surface area contributed by atoms with E-state index in [4.69, 9.17) is 9.47 Å². The number of methoxy groups -OCH3 is 1. The second-order valence-corrected chi connectivity index (χ2v) is 11.7. The Bertz CT molecular complexity index is 1320. The van der Waals surface area contributed by atoms with Crippen molar-refractivity contribution in [2.75, 3.05) is 7.11 Å². The molecule has 1 aliphatic carbocycles. The highest BCUT2D eigenvalue weighted by molar-refractivity contribution is 5.71. The zero-order chi connectivity index (χ0) is 29.0. The molecule has 0 aliphatic heterocycles. The van der Waals surface area contributed by atoms with Crippen molar-refractivity contribution in [3.05, 3.63) is 83.2 Å². The van der Waals surface area contributed by atoms with Gasteiger partial charge in [0.1, 0.15) is 23.9 Å². The molecule has 0 heterocycles. The van der Waals surface area contributed by atoms with E-state index >= 15 is 4.39 Å². The van der Waals surface area contributed by atoms with Crippen molar-refractivity contribution in [1.82, 2.24) is 0 Å². The fourth-order valence-corrected chi connectivity index (χ4v) is 5.70. The Morgan fingerprint density at radius 3 is 2.33 bits per heavy atom. The first kappa shape index (κ1) is 29.6. The molecular formula is C34H41FO5. The van der Waals surface area contributed by atoms with Crippen LogP contribution in [0.25, 0.3) is 11.1 Å². The number of carbonyl (C=O) groups is 1. The third-order valence-electron chi connectivity index (χ3n) is 8.21. The highest BCUT2D eigenvalue weighted by Gasteiger charge is 2.39. The van der Waals surface area contributed by atoms with Crippen LogP contribution in [0.1, 0.15) is 76.0 Å². The van der Waals surface area contributed by atoms with Crippen molar-refractivity contribution >= 4 is 5.97 Å². The molecule has 4 rings (SSSR count). The smallest absolute Gasteiger partial charge is 0.303 e. The summed E-state index contributed by atoms with van der Waals surface area (Å²) in [6, 6.07) is 18.0. The first-order chi connectivity index (χ1) is 19.0. The van der Waals surface area contributed by atoms with Crippen LogP contribution >= 0.6 is 0 Å². The molecule has 0 saturated heterocycles. The van der Waals surface area contributed by atoms with Gasteiger partial charge in [-0.2, -0.15) is 0 Å². The topological polar surface area (TPSA) is 76.0 Å². The predicted octanol–water partition coefficient (Wildman–Crippen LogP) is 7.94. The molecule has 1 atom stereocenters. The molecule has 40 heavy (non-hydrogen) atoms. The van der Waals surface area contributed by atoms with Crippen LogP contribution in [0.2, 0.25) is 0 Å². The van der Waals surface area contributed by atoms with Crippen molar-refractivity contribution in [1.29, 1.82) is 0 Å². The van der Waals surface area contributed by atoms with Gasteiger partial charge in [-0.05, 0) is 88.7 Å². The Morgan fingerprint density at radius 1 is 0.975 bits per heavy atom. The van der Waals surface area contributed by atoms with E-state index in [9.17, 15) is 15.0 Å². The number of hydrogen-bond acceptors (Lipinski definition) is 4. The lowest BCUT2D eigenvalue weighted by Gasteiger charge is -2.38. The number of benzene rings is 3. The standard InChI is InChI=1S/C34H41FO5/c1-21(2)34(38,22(3)4)31-16-24(11-13-29(31)30-19-27(39-5)12-14-32(30)35)20-40-28-8-6-7-25(17-28)26(18-33(36)37)15-23-9-10-23/h6-8,11-14,16-17,19,21-23,26,38H,9-10,15,18,20H2,1-5H3,(H,36,37)/t26-/m1/s1. The van der Waals surface area contributed by atoms with Gasteiger partial charge >= 0.3 is 5.97 Å². The molecule has 3 aromatic rings. The summed E-state index contributed by atoms with van der Waals surface area (Å²) < 4.78 is 26.6. The summed E-state index contributed by atoms with van der Waals surface area (Å²) in [7, 11) is 1.54. The minimum atomic E-state index is -1.21. The fraction of sp³-hybridized carbons (Fsp3) is 0.441. The quantitative estimate of drug-likeness (QED) is 0.227. The van der Waals surface area contributed by atoms with E-state index in [1.165, 1.54) is 18.9 Å². The maximum absolute atomic E-state index is 15.1. The predicted molar refractivity (Wildman–Crippen MR) is 155 cm³/mol. The van der Waals surface area contributed by atoms with Gasteiger partial charge < -0.3 is 19.7 Å². The summed E-state index contributed by atoms with van der Waals surface area (Å²) in [6.45, 7) is 8.12. The molecule has 5 nitrogen and oxygen atoms in total. The molecule has 0 unspecified atom stereocenters. The second-order valence-electron chi connectivity index (χ2n) is 11.7. The lowest BCUT2D eigenvalue weighted by Crippen LogP contribution is -2.38. The number of aliphatic hydroxyl groups is 1. The summed E-state index contributed by atoms with van der Waals surface area (Å²) in [5.41, 5.74) is 2.23. The molecule has 1 saturated carbocycles. The molecule has 0 radical (unpaired) electrons. The zero-order valence-electron chi connectivity index (χ0n) is 24.1. The van der Waals surface area contributed by atoms with E-state index in [-0.39, 0.29) is 36.6 Å². The van der Waals surface area contributed by atoms with Gasteiger partial charge in [0.25, 0.3) is 0 Å². The third kappa shape index (κ3) is 6.67. The van der Waals surface area contributed by atoms with Crippen LogP contribution in [0, 0.1) is 23.6 Å². The Morgan fingerprint density at radius 2 is 1.70 bits per heavy atom. The van der Waals surface area contributed by atoms with Gasteiger partial charge in [0.05, 0.1) is 19.1 Å². The van der Waals surface area contributed by atoms with Gasteiger partial charge in [0.15, 0.2) is 0 Å². The molecule has 1 aliphatic rings. The summed E-state index contributed by atoms with van der Waals surface area (Å²) in [5, 5.41) is 21.4. The van der Waals surface area contributed by atoms with E-state index in [1.54, 1.807) is 19.2 Å². The first-order valence-corrected chi connectivity index (χ1v) is 14.2. The number of carboxylic acids is 1. The van der Waals surface area contributed by atoms with Crippen LogP contribution < -0.4 is 9.47 Å². The van der Waals surface area contributed by atoms with Crippen molar-refractivity contribution in [2.24, 2.45) is 17.8 Å². The number of halogens is 1. The number of aliphatic carboxylic acids is 1. The number of ether oxygens (including phenoxy) is 2. The lowest BCUT2D eigenvalue weighted by atomic mass is 9.72. The number of carboxylic acid groups (broad SMARTS) is 1. The Labute approximate surface area is 237 Å². The van der Waals surface area contributed by atoms with Crippen LogP contribution in [0.4, 0.5) is 4.39 Å². The molecule has 214 valence electrons. The normalized spacial score (nSPS) is 14.4. The zero-order valence-corrected chi connectivity index (χ0v) is 24.1. The summed E-state index contributed by atoms with van der Waals surface area (Å²) in [4.78, 5) is 11.5. The van der Waals surface area contributed by atoms with Crippen molar-refractivity contribution < 1.29 is 28.9 Å². The van der Waals surface area contributed by atoms with Gasteiger partial charge in [-0.3, -0.25) is 4.79 Å². The maximum atomic E-state index is 15.1. The fourth-order valence-electron chi connectivity index (χ4n) is 5.70. The SMILES string of the molecule is COc1ccc(F)c(-c2ccc(COc3cccc([C@@H](CC(=O)O)CC4CC4)c3)cc2C(O)(C(C)C)C(C)C)c1. The average Bonchev–Trinajstić information content (AvgIpc) is 3.75. The van der Waals surface area contributed by atoms with E-state index in [0.29, 0.717) is 34.1 Å². The largest absolute Gasteiger partial charge is 0.497 e. The maximum Gasteiger partial charge on any atom is 0.303 e. The summed E-state index contributed by atoms with van der Waals surface area (Å²) in [6.07, 6.45) is 3.33. The summed E-state index contributed by atoms with van der Waals surface area (Å²) >= 11 is 0. The Kier molecular flexibility index (Phi) is 9.19. The van der Waals surface area contributed by atoms with Crippen LogP contribution in [-0.4, -0.2) is 23.3 Å². The molecular weight excluding hydrogens is 507 g/mol. The molecule has 6 heteroatoms. The van der Waals surface area contributed by atoms with Crippen molar-refractivity contribution in [3.8, 4) is 22.6 Å². The summed E-state index contributed by atoms with van der Waals surface area (Å²) in [5.74, 6) is 0.326. The molecule has 0 bridgehead atoms. The molecule has 0 amide bonds. The third-order valence-corrected chi connectivity index (χ3v) is 8.21. The highest BCUT2D eigenvalue weighted by atomic mass is 19.1. The Balaban J connectivity index is 1.66. The number of hydrogen-bond donors (Lipinski definition) is 2. The Hall–Kier alpha value is -3.38. The van der Waals surface area contributed by atoms with Crippen LogP contribution in [0.3, 0.4) is 0 Å². The van der Waals surface area contributed by atoms with Gasteiger partial charge in [0.2, 0.25) is 0 Å². The van der Waals surface area contributed by atoms with Gasteiger partial charge in [-0.25, -0.2) is 4.39 Å². The minimum Gasteiger partial charge on any atom is -0.497 e. The van der Waals surface area contributed by atoms with Crippen molar-refractivity contribution in [3.63, 3.8) is 0 Å². The van der Waals surface area contributed by atoms with Crippen LogP contribution in [-0.2, 0) is 17.0 Å². The van der Waals surface area contributed by atoms with Crippen LogP contribution in [0.15, 0.2) is 60.7 Å². The molecule has 0 spiro atoms. The number of rotatable bonds is 13. The highest BCUT2D eigenvalue weighted by Crippen LogP contribution is 2.44. The average molecular weight is 549 g/mol. The van der Waals surface area contributed by atoms with E-state index < -0.39 is 11.6 Å². The molecule has 1 fully saturated rings. The minimum absolute atomic E-state index is 0.0377. The monoisotopic (exact) mass is 548 g/mol. The van der Waals surface area contributed by atoms with Crippen LogP contribution in [0.5, 0.6) is 11.5 Å². The molecule has 3 aromatic carbocycles. The molecule has 0 aromatic heterocycles. The van der Waals surface area contributed by atoms with Gasteiger partial charge in [-0.1, -0.05) is 64.8 Å². The lowest BCUT2D eigenvalue weighted by molar-refractivity contribution is -0.137. The van der Waals surface area contributed by atoms with Gasteiger partial charge in [-0.15, -0.1) is 0 Å².